The van der Waals surface area contributed by atoms with Crippen LogP contribution in [0, 0.1) is 0 Å². The lowest BCUT2D eigenvalue weighted by Crippen LogP contribution is -2.36. The van der Waals surface area contributed by atoms with Gasteiger partial charge in [0.25, 0.3) is 0 Å². The maximum Gasteiger partial charge on any atom is 0.320 e. The predicted molar refractivity (Wildman–Crippen MR) is 89.9 cm³/mol. The van der Waals surface area contributed by atoms with Crippen LogP contribution < -0.4 is 0 Å². The number of carbonyl (C=O) groups excluding carboxylic acids is 2. The zero-order valence-electron chi connectivity index (χ0n) is 13.8. The van der Waals surface area contributed by atoms with Crippen LogP contribution in [-0.2, 0) is 32.0 Å². The maximum atomic E-state index is 11.7. The number of hydrogen-bond acceptors (Lipinski definition) is 6. The summed E-state index contributed by atoms with van der Waals surface area (Å²) in [6, 6.07) is 3.83. The van der Waals surface area contributed by atoms with Crippen LogP contribution in [0.2, 0.25) is 0 Å². The standard InChI is InChI=1S/C16H23BrN2O4/c1-4-13-7-12(17)8-14(18-13)9-19(10-15(20)22-5-2)11-16(21)23-6-3/h7-8H,4-6,9-11H2,1-3H3. The molecule has 0 N–H and O–H groups in total. The van der Waals surface area contributed by atoms with Gasteiger partial charge in [-0.1, -0.05) is 22.9 Å². The first kappa shape index (κ1) is 19.6. The van der Waals surface area contributed by atoms with E-state index in [1.165, 1.54) is 0 Å². The van der Waals surface area contributed by atoms with Gasteiger partial charge < -0.3 is 9.47 Å². The maximum absolute atomic E-state index is 11.7. The van der Waals surface area contributed by atoms with E-state index in [-0.39, 0.29) is 25.0 Å². The van der Waals surface area contributed by atoms with Gasteiger partial charge in [-0.2, -0.15) is 0 Å². The second-order valence-corrected chi connectivity index (χ2v) is 5.79. The molecule has 0 aliphatic heterocycles. The fraction of sp³-hybridized carbons (Fsp3) is 0.562. The van der Waals surface area contributed by atoms with E-state index in [1.807, 2.05) is 19.1 Å². The SMILES string of the molecule is CCOC(=O)CN(CC(=O)OCC)Cc1cc(Br)cc(CC)n1. The van der Waals surface area contributed by atoms with Gasteiger partial charge >= 0.3 is 11.9 Å². The fourth-order valence-corrected chi connectivity index (χ4v) is 2.57. The number of halogens is 1. The largest absolute Gasteiger partial charge is 0.465 e. The number of pyridine rings is 1. The first-order valence-corrected chi connectivity index (χ1v) is 8.46. The Hall–Kier alpha value is -1.47. The van der Waals surface area contributed by atoms with Crippen LogP contribution in [0.4, 0.5) is 0 Å². The van der Waals surface area contributed by atoms with Crippen molar-refractivity contribution in [2.24, 2.45) is 0 Å². The molecule has 128 valence electrons. The molecule has 1 rings (SSSR count). The van der Waals surface area contributed by atoms with Crippen molar-refractivity contribution in [3.8, 4) is 0 Å². The Morgan fingerprint density at radius 3 is 2.04 bits per heavy atom. The van der Waals surface area contributed by atoms with Crippen molar-refractivity contribution in [3.05, 3.63) is 28.0 Å². The summed E-state index contributed by atoms with van der Waals surface area (Å²) in [6.07, 6.45) is 0.808. The van der Waals surface area contributed by atoms with Crippen molar-refractivity contribution >= 4 is 27.9 Å². The fourth-order valence-electron chi connectivity index (χ4n) is 2.05. The first-order valence-electron chi connectivity index (χ1n) is 7.67. The second-order valence-electron chi connectivity index (χ2n) is 4.88. The molecule has 0 amide bonds. The van der Waals surface area contributed by atoms with Crippen LogP contribution in [0.25, 0.3) is 0 Å². The summed E-state index contributed by atoms with van der Waals surface area (Å²) in [6.45, 7) is 6.53. The molecular formula is C16H23BrN2O4. The molecule has 0 bridgehead atoms. The molecule has 0 fully saturated rings. The Labute approximate surface area is 145 Å². The topological polar surface area (TPSA) is 68.7 Å². The molecule has 6 nitrogen and oxygen atoms in total. The average Bonchev–Trinajstić information content (AvgIpc) is 2.46. The first-order chi connectivity index (χ1) is 11.0. The Morgan fingerprint density at radius 1 is 1.04 bits per heavy atom. The number of nitrogens with zero attached hydrogens (tertiary/aromatic N) is 2. The molecule has 0 unspecified atom stereocenters. The average molecular weight is 387 g/mol. The van der Waals surface area contributed by atoms with Crippen molar-refractivity contribution < 1.29 is 19.1 Å². The lowest BCUT2D eigenvalue weighted by atomic mass is 10.2. The highest BCUT2D eigenvalue weighted by Gasteiger charge is 2.17. The van der Waals surface area contributed by atoms with Crippen LogP contribution in [-0.4, -0.2) is 48.1 Å². The molecule has 7 heteroatoms. The van der Waals surface area contributed by atoms with E-state index >= 15 is 0 Å². The summed E-state index contributed by atoms with van der Waals surface area (Å²) >= 11 is 3.45. The minimum atomic E-state index is -0.373. The van der Waals surface area contributed by atoms with Crippen molar-refractivity contribution in [3.63, 3.8) is 0 Å². The van der Waals surface area contributed by atoms with Gasteiger partial charge in [-0.15, -0.1) is 0 Å². The molecule has 23 heavy (non-hydrogen) atoms. The number of ether oxygens (including phenoxy) is 2. The number of rotatable bonds is 9. The zero-order valence-corrected chi connectivity index (χ0v) is 15.4. The molecule has 0 saturated heterocycles. The highest BCUT2D eigenvalue weighted by atomic mass is 79.9. The quantitative estimate of drug-likeness (QED) is 0.606. The highest BCUT2D eigenvalue weighted by Crippen LogP contribution is 2.15. The van der Waals surface area contributed by atoms with E-state index in [0.29, 0.717) is 19.8 Å². The molecule has 0 aromatic carbocycles. The lowest BCUT2D eigenvalue weighted by molar-refractivity contribution is -0.148. The molecule has 1 heterocycles. The predicted octanol–water partition coefficient (Wildman–Crippen LogP) is 2.33. The monoisotopic (exact) mass is 386 g/mol. The molecule has 0 spiro atoms. The van der Waals surface area contributed by atoms with Crippen LogP contribution in [0.5, 0.6) is 0 Å². The van der Waals surface area contributed by atoms with Crippen LogP contribution in [0.15, 0.2) is 16.6 Å². The van der Waals surface area contributed by atoms with E-state index in [0.717, 1.165) is 22.3 Å². The molecule has 0 saturated carbocycles. The molecule has 0 atom stereocenters. The minimum Gasteiger partial charge on any atom is -0.465 e. The van der Waals surface area contributed by atoms with Crippen LogP contribution in [0.3, 0.4) is 0 Å². The van der Waals surface area contributed by atoms with Gasteiger partial charge in [-0.3, -0.25) is 19.5 Å². The van der Waals surface area contributed by atoms with Crippen molar-refractivity contribution in [1.82, 2.24) is 9.88 Å². The summed E-state index contributed by atoms with van der Waals surface area (Å²) in [5, 5.41) is 0. The van der Waals surface area contributed by atoms with E-state index in [9.17, 15) is 9.59 Å². The van der Waals surface area contributed by atoms with Gasteiger partial charge in [0.1, 0.15) is 0 Å². The van der Waals surface area contributed by atoms with Crippen molar-refractivity contribution in [2.75, 3.05) is 26.3 Å². The molecule has 0 aliphatic rings. The number of hydrogen-bond donors (Lipinski definition) is 0. The third kappa shape index (κ3) is 7.56. The van der Waals surface area contributed by atoms with Gasteiger partial charge in [0.05, 0.1) is 32.0 Å². The summed E-state index contributed by atoms with van der Waals surface area (Å²) in [5.74, 6) is -0.745. The summed E-state index contributed by atoms with van der Waals surface area (Å²) in [5.41, 5.74) is 1.73. The van der Waals surface area contributed by atoms with Crippen molar-refractivity contribution in [2.45, 2.75) is 33.7 Å². The lowest BCUT2D eigenvalue weighted by Gasteiger charge is -2.20. The minimum absolute atomic E-state index is 0.0162. The van der Waals surface area contributed by atoms with Crippen LogP contribution in [0.1, 0.15) is 32.2 Å². The third-order valence-electron chi connectivity index (χ3n) is 2.96. The van der Waals surface area contributed by atoms with Gasteiger partial charge in [0, 0.05) is 16.7 Å². The third-order valence-corrected chi connectivity index (χ3v) is 3.42. The number of aromatic nitrogens is 1. The molecular weight excluding hydrogens is 364 g/mol. The molecule has 1 aromatic rings. The normalized spacial score (nSPS) is 10.7. The molecule has 1 aromatic heterocycles. The van der Waals surface area contributed by atoms with E-state index < -0.39 is 0 Å². The van der Waals surface area contributed by atoms with Crippen molar-refractivity contribution in [1.29, 1.82) is 0 Å². The van der Waals surface area contributed by atoms with Gasteiger partial charge in [-0.05, 0) is 32.4 Å². The van der Waals surface area contributed by atoms with E-state index in [1.54, 1.807) is 18.7 Å². The zero-order chi connectivity index (χ0) is 17.2. The van der Waals surface area contributed by atoms with E-state index in [2.05, 4.69) is 20.9 Å². The van der Waals surface area contributed by atoms with E-state index in [4.69, 9.17) is 9.47 Å². The Balaban J connectivity index is 2.83. The number of carbonyl (C=O) groups is 2. The number of aryl methyl sites for hydroxylation is 1. The summed E-state index contributed by atoms with van der Waals surface area (Å²) < 4.78 is 10.8. The van der Waals surface area contributed by atoms with Crippen LogP contribution >= 0.6 is 15.9 Å². The summed E-state index contributed by atoms with van der Waals surface area (Å²) in [7, 11) is 0. The van der Waals surface area contributed by atoms with Gasteiger partial charge in [0.15, 0.2) is 0 Å². The smallest absolute Gasteiger partial charge is 0.320 e. The Kier molecular flexibility index (Phi) is 8.79. The van der Waals surface area contributed by atoms with Gasteiger partial charge in [0.2, 0.25) is 0 Å². The molecule has 0 aliphatic carbocycles. The Morgan fingerprint density at radius 2 is 1.57 bits per heavy atom. The highest BCUT2D eigenvalue weighted by molar-refractivity contribution is 9.10. The summed E-state index contributed by atoms with van der Waals surface area (Å²) in [4.78, 5) is 29.6. The van der Waals surface area contributed by atoms with Gasteiger partial charge in [-0.25, -0.2) is 0 Å². The Bertz CT molecular complexity index is 517. The molecule has 0 radical (unpaired) electrons. The second kappa shape index (κ2) is 10.3. The number of esters is 2.